The molecule has 0 saturated carbocycles. The van der Waals surface area contributed by atoms with Gasteiger partial charge in [0.2, 0.25) is 11.9 Å². The molecule has 1 aromatic heterocycles. The van der Waals surface area contributed by atoms with E-state index in [4.69, 9.17) is 9.84 Å². The molecular weight excluding hydrogens is 270 g/mol. The Kier molecular flexibility index (Phi) is 5.55. The fourth-order valence-corrected chi connectivity index (χ4v) is 2.53. The minimum atomic E-state index is 0.0217. The van der Waals surface area contributed by atoms with Gasteiger partial charge in [0.15, 0.2) is 0 Å². The first-order valence-electron chi connectivity index (χ1n) is 7.58. The third-order valence-electron chi connectivity index (χ3n) is 3.51. The van der Waals surface area contributed by atoms with Crippen molar-refractivity contribution in [3.05, 3.63) is 0 Å². The lowest BCUT2D eigenvalue weighted by atomic mass is 9.95. The number of aromatic nitrogens is 3. The van der Waals surface area contributed by atoms with E-state index in [-0.39, 0.29) is 12.7 Å². The van der Waals surface area contributed by atoms with Gasteiger partial charge in [0.1, 0.15) is 0 Å². The second kappa shape index (κ2) is 7.40. The van der Waals surface area contributed by atoms with Gasteiger partial charge in [-0.25, -0.2) is 0 Å². The van der Waals surface area contributed by atoms with Crippen molar-refractivity contribution in [1.82, 2.24) is 15.0 Å². The second-order valence-corrected chi connectivity index (χ2v) is 5.62. The van der Waals surface area contributed by atoms with Crippen LogP contribution in [-0.4, -0.2) is 52.9 Å². The molecule has 1 aliphatic heterocycles. The van der Waals surface area contributed by atoms with E-state index < -0.39 is 0 Å². The molecule has 0 bridgehead atoms. The quantitative estimate of drug-likeness (QED) is 0.818. The standard InChI is InChI=1S/C14H25N5O2/c1-10(2)21-14-17-12(15-3)16-13(18-14)19-7-4-5-11(9-19)6-8-20/h10-11,20H,4-9H2,1-3H3,(H,15,16,17,18). The van der Waals surface area contributed by atoms with Crippen LogP contribution >= 0.6 is 0 Å². The molecule has 1 saturated heterocycles. The number of hydrogen-bond donors (Lipinski definition) is 2. The molecule has 1 aromatic rings. The molecule has 1 aliphatic rings. The van der Waals surface area contributed by atoms with Crippen LogP contribution in [0.2, 0.25) is 0 Å². The first-order valence-corrected chi connectivity index (χ1v) is 7.58. The molecule has 7 heteroatoms. The molecule has 2 rings (SSSR count). The average molecular weight is 295 g/mol. The molecule has 0 aromatic carbocycles. The van der Waals surface area contributed by atoms with E-state index in [2.05, 4.69) is 25.2 Å². The van der Waals surface area contributed by atoms with Gasteiger partial charge in [0.05, 0.1) is 6.10 Å². The summed E-state index contributed by atoms with van der Waals surface area (Å²) in [7, 11) is 1.78. The summed E-state index contributed by atoms with van der Waals surface area (Å²) in [6.45, 7) is 5.92. The Morgan fingerprint density at radius 2 is 2.19 bits per heavy atom. The van der Waals surface area contributed by atoms with Crippen LogP contribution in [0.5, 0.6) is 6.01 Å². The molecule has 7 nitrogen and oxygen atoms in total. The molecule has 1 atom stereocenters. The van der Waals surface area contributed by atoms with Crippen LogP contribution in [0.15, 0.2) is 0 Å². The van der Waals surface area contributed by atoms with E-state index >= 15 is 0 Å². The Bertz CT molecular complexity index is 453. The number of hydrogen-bond acceptors (Lipinski definition) is 7. The number of nitrogens with one attached hydrogen (secondary N) is 1. The molecule has 21 heavy (non-hydrogen) atoms. The smallest absolute Gasteiger partial charge is 0.323 e. The van der Waals surface area contributed by atoms with Crippen LogP contribution in [0.3, 0.4) is 0 Å². The molecule has 1 unspecified atom stereocenters. The predicted octanol–water partition coefficient (Wildman–Crippen LogP) is 1.30. The zero-order valence-electron chi connectivity index (χ0n) is 13.0. The summed E-state index contributed by atoms with van der Waals surface area (Å²) in [6, 6.07) is 0.351. The van der Waals surface area contributed by atoms with Gasteiger partial charge in [-0.1, -0.05) is 0 Å². The molecule has 0 radical (unpaired) electrons. The lowest BCUT2D eigenvalue weighted by molar-refractivity contribution is 0.221. The van der Waals surface area contributed by atoms with Crippen LogP contribution in [0.25, 0.3) is 0 Å². The van der Waals surface area contributed by atoms with Gasteiger partial charge in [-0.3, -0.25) is 0 Å². The average Bonchev–Trinajstić information content (AvgIpc) is 2.47. The number of nitrogens with zero attached hydrogens (tertiary/aromatic N) is 4. The highest BCUT2D eigenvalue weighted by molar-refractivity contribution is 5.38. The minimum Gasteiger partial charge on any atom is -0.461 e. The Hall–Kier alpha value is -1.63. The van der Waals surface area contributed by atoms with E-state index in [1.54, 1.807) is 7.05 Å². The lowest BCUT2D eigenvalue weighted by Gasteiger charge is -2.32. The SMILES string of the molecule is CNc1nc(OC(C)C)nc(N2CCCC(CCO)C2)n1. The van der Waals surface area contributed by atoms with Crippen LogP contribution in [-0.2, 0) is 0 Å². The van der Waals surface area contributed by atoms with Gasteiger partial charge >= 0.3 is 6.01 Å². The Morgan fingerprint density at radius 3 is 2.86 bits per heavy atom. The molecule has 0 spiro atoms. The Labute approximate surface area is 125 Å². The summed E-state index contributed by atoms with van der Waals surface area (Å²) >= 11 is 0. The predicted molar refractivity (Wildman–Crippen MR) is 81.8 cm³/mol. The number of piperidine rings is 1. The summed E-state index contributed by atoms with van der Waals surface area (Å²) in [5, 5.41) is 12.1. The van der Waals surface area contributed by atoms with Crippen molar-refractivity contribution in [2.45, 2.75) is 39.2 Å². The van der Waals surface area contributed by atoms with E-state index in [1.165, 1.54) is 0 Å². The second-order valence-electron chi connectivity index (χ2n) is 5.62. The third kappa shape index (κ3) is 4.42. The number of rotatable bonds is 6. The van der Waals surface area contributed by atoms with E-state index in [1.807, 2.05) is 13.8 Å². The van der Waals surface area contributed by atoms with Gasteiger partial charge in [0, 0.05) is 26.7 Å². The maximum absolute atomic E-state index is 9.11. The number of aliphatic hydroxyl groups is 1. The summed E-state index contributed by atoms with van der Waals surface area (Å²) < 4.78 is 5.59. The van der Waals surface area contributed by atoms with Crippen molar-refractivity contribution < 1.29 is 9.84 Å². The van der Waals surface area contributed by atoms with E-state index in [0.29, 0.717) is 23.8 Å². The molecule has 118 valence electrons. The topological polar surface area (TPSA) is 83.4 Å². The highest BCUT2D eigenvalue weighted by Gasteiger charge is 2.22. The van der Waals surface area contributed by atoms with Crippen LogP contribution in [0.1, 0.15) is 33.1 Å². The molecule has 0 amide bonds. The molecule has 0 aliphatic carbocycles. The van der Waals surface area contributed by atoms with Crippen molar-refractivity contribution >= 4 is 11.9 Å². The van der Waals surface area contributed by atoms with Crippen LogP contribution in [0, 0.1) is 5.92 Å². The number of ether oxygens (including phenoxy) is 1. The molecule has 2 N–H and O–H groups in total. The molecule has 1 fully saturated rings. The van der Waals surface area contributed by atoms with Gasteiger partial charge in [-0.05, 0) is 39.0 Å². The van der Waals surface area contributed by atoms with Crippen molar-refractivity contribution in [3.8, 4) is 6.01 Å². The first-order chi connectivity index (χ1) is 10.1. The maximum atomic E-state index is 9.11. The largest absolute Gasteiger partial charge is 0.461 e. The highest BCUT2D eigenvalue weighted by atomic mass is 16.5. The number of aliphatic hydroxyl groups excluding tert-OH is 1. The van der Waals surface area contributed by atoms with Gasteiger partial charge in [-0.2, -0.15) is 15.0 Å². The first kappa shape index (κ1) is 15.8. The molecular formula is C14H25N5O2. The summed E-state index contributed by atoms with van der Waals surface area (Å²) in [4.78, 5) is 15.2. The summed E-state index contributed by atoms with van der Waals surface area (Å²) in [6.07, 6.45) is 3.09. The highest BCUT2D eigenvalue weighted by Crippen LogP contribution is 2.24. The normalized spacial score (nSPS) is 18.9. The van der Waals surface area contributed by atoms with E-state index in [0.717, 1.165) is 32.4 Å². The van der Waals surface area contributed by atoms with Crippen molar-refractivity contribution in [1.29, 1.82) is 0 Å². The molecule has 2 heterocycles. The third-order valence-corrected chi connectivity index (χ3v) is 3.51. The lowest BCUT2D eigenvalue weighted by Crippen LogP contribution is -2.37. The zero-order valence-corrected chi connectivity index (χ0v) is 13.0. The summed E-state index contributed by atoms with van der Waals surface area (Å²) in [5.41, 5.74) is 0. The fraction of sp³-hybridized carbons (Fsp3) is 0.786. The van der Waals surface area contributed by atoms with Gasteiger partial charge in [-0.15, -0.1) is 0 Å². The van der Waals surface area contributed by atoms with Crippen LogP contribution in [0.4, 0.5) is 11.9 Å². The van der Waals surface area contributed by atoms with E-state index in [9.17, 15) is 0 Å². The fourth-order valence-electron chi connectivity index (χ4n) is 2.53. The van der Waals surface area contributed by atoms with Crippen molar-refractivity contribution in [3.63, 3.8) is 0 Å². The van der Waals surface area contributed by atoms with Gasteiger partial charge in [0.25, 0.3) is 0 Å². The van der Waals surface area contributed by atoms with Gasteiger partial charge < -0.3 is 20.1 Å². The summed E-state index contributed by atoms with van der Waals surface area (Å²) in [5.74, 6) is 1.65. The minimum absolute atomic E-state index is 0.0217. The van der Waals surface area contributed by atoms with Crippen LogP contribution < -0.4 is 15.0 Å². The maximum Gasteiger partial charge on any atom is 0.323 e. The Morgan fingerprint density at radius 1 is 1.38 bits per heavy atom. The Balaban J connectivity index is 2.17. The monoisotopic (exact) mass is 295 g/mol. The van der Waals surface area contributed by atoms with Crippen molar-refractivity contribution in [2.24, 2.45) is 5.92 Å². The zero-order chi connectivity index (χ0) is 15.2. The van der Waals surface area contributed by atoms with Crippen molar-refractivity contribution in [2.75, 3.05) is 37.0 Å². The number of anilines is 2.